The van der Waals surface area contributed by atoms with Gasteiger partial charge in [0.05, 0.1) is 35.8 Å². The molecule has 0 spiro atoms. The van der Waals surface area contributed by atoms with Crippen LogP contribution in [0.5, 0.6) is 5.75 Å². The van der Waals surface area contributed by atoms with Crippen LogP contribution in [0.4, 0.5) is 5.69 Å². The van der Waals surface area contributed by atoms with E-state index in [2.05, 4.69) is 6.07 Å². The Hall–Kier alpha value is -3.31. The largest absolute Gasteiger partial charge is 0.494 e. The first-order valence-electron chi connectivity index (χ1n) is 11.7. The molecule has 1 amide bonds. The van der Waals surface area contributed by atoms with Crippen LogP contribution < -0.4 is 15.2 Å². The van der Waals surface area contributed by atoms with Crippen molar-refractivity contribution in [3.63, 3.8) is 0 Å². The molecule has 176 valence electrons. The van der Waals surface area contributed by atoms with E-state index < -0.39 is 0 Å². The van der Waals surface area contributed by atoms with Gasteiger partial charge in [0.25, 0.3) is 5.56 Å². The van der Waals surface area contributed by atoms with Crippen molar-refractivity contribution in [1.82, 2.24) is 9.55 Å². The van der Waals surface area contributed by atoms with E-state index in [1.54, 1.807) is 9.47 Å². The number of nitrogens with zero attached hydrogens (tertiary/aromatic N) is 4. The van der Waals surface area contributed by atoms with Crippen molar-refractivity contribution >= 4 is 34.3 Å². The normalized spacial score (nSPS) is 13.6. The Morgan fingerprint density at radius 1 is 1.21 bits per heavy atom. The van der Waals surface area contributed by atoms with Crippen LogP contribution in [0, 0.1) is 11.3 Å². The molecular formula is C26H28N4O3S. The Morgan fingerprint density at radius 2 is 1.94 bits per heavy atom. The highest BCUT2D eigenvalue weighted by Gasteiger charge is 2.24. The van der Waals surface area contributed by atoms with E-state index in [4.69, 9.17) is 15.0 Å². The highest BCUT2D eigenvalue weighted by molar-refractivity contribution is 7.99. The Kier molecular flexibility index (Phi) is 7.86. The zero-order valence-corrected chi connectivity index (χ0v) is 20.1. The Labute approximate surface area is 203 Å². The third kappa shape index (κ3) is 5.26. The maximum absolute atomic E-state index is 13.3. The number of hydrogen-bond acceptors (Lipinski definition) is 6. The van der Waals surface area contributed by atoms with E-state index in [-0.39, 0.29) is 29.7 Å². The van der Waals surface area contributed by atoms with Crippen molar-refractivity contribution in [2.45, 2.75) is 50.2 Å². The molecule has 1 fully saturated rings. The fourth-order valence-electron chi connectivity index (χ4n) is 4.36. The number of fused-ring (bicyclic) bond motifs is 1. The SMILES string of the molecule is CCOc1ccc(N(CCC#N)C(=O)CSc2nc3ccccc3c(=O)n2C2CCCC2)cc1. The van der Waals surface area contributed by atoms with Crippen molar-refractivity contribution in [2.75, 3.05) is 23.8 Å². The van der Waals surface area contributed by atoms with Gasteiger partial charge in [-0.1, -0.05) is 36.7 Å². The molecule has 0 aliphatic heterocycles. The molecule has 0 radical (unpaired) electrons. The molecule has 4 rings (SSSR count). The molecule has 1 aliphatic rings. The molecule has 0 atom stereocenters. The van der Waals surface area contributed by atoms with Gasteiger partial charge in [0.2, 0.25) is 5.91 Å². The molecule has 7 nitrogen and oxygen atoms in total. The highest BCUT2D eigenvalue weighted by atomic mass is 32.2. The number of carbonyl (C=O) groups excluding carboxylic acids is 1. The van der Waals surface area contributed by atoms with E-state index in [0.717, 1.165) is 31.4 Å². The number of hydrogen-bond donors (Lipinski definition) is 0. The Bertz CT molecular complexity index is 1240. The van der Waals surface area contributed by atoms with Crippen LogP contribution in [0.25, 0.3) is 10.9 Å². The van der Waals surface area contributed by atoms with E-state index in [1.807, 2.05) is 55.5 Å². The predicted molar refractivity (Wildman–Crippen MR) is 134 cm³/mol. The van der Waals surface area contributed by atoms with Crippen molar-refractivity contribution in [3.05, 3.63) is 58.9 Å². The summed E-state index contributed by atoms with van der Waals surface area (Å²) in [5.74, 6) is 0.718. The van der Waals surface area contributed by atoms with Gasteiger partial charge in [0.1, 0.15) is 5.75 Å². The van der Waals surface area contributed by atoms with Gasteiger partial charge in [-0.25, -0.2) is 4.98 Å². The van der Waals surface area contributed by atoms with Crippen LogP contribution in [0.3, 0.4) is 0 Å². The molecule has 8 heteroatoms. The first kappa shape index (κ1) is 23.8. The topological polar surface area (TPSA) is 88.2 Å². The third-order valence-electron chi connectivity index (χ3n) is 6.00. The second-order valence-corrected chi connectivity index (χ2v) is 9.14. The van der Waals surface area contributed by atoms with Gasteiger partial charge in [-0.15, -0.1) is 0 Å². The summed E-state index contributed by atoms with van der Waals surface area (Å²) < 4.78 is 7.29. The van der Waals surface area contributed by atoms with E-state index >= 15 is 0 Å². The van der Waals surface area contributed by atoms with Crippen LogP contribution in [-0.4, -0.2) is 34.4 Å². The van der Waals surface area contributed by atoms with E-state index in [0.29, 0.717) is 34.9 Å². The maximum Gasteiger partial charge on any atom is 0.262 e. The van der Waals surface area contributed by atoms with Crippen molar-refractivity contribution < 1.29 is 9.53 Å². The summed E-state index contributed by atoms with van der Waals surface area (Å²) in [5, 5.41) is 10.3. The lowest BCUT2D eigenvalue weighted by molar-refractivity contribution is -0.116. The number of nitriles is 1. The molecule has 34 heavy (non-hydrogen) atoms. The number of aromatic nitrogens is 2. The zero-order valence-electron chi connectivity index (χ0n) is 19.3. The predicted octanol–water partition coefficient (Wildman–Crippen LogP) is 4.95. The fraction of sp³-hybridized carbons (Fsp3) is 0.385. The van der Waals surface area contributed by atoms with Gasteiger partial charge in [0.15, 0.2) is 5.16 Å². The van der Waals surface area contributed by atoms with Gasteiger partial charge in [-0.3, -0.25) is 14.2 Å². The van der Waals surface area contributed by atoms with Crippen LogP contribution in [0.15, 0.2) is 58.5 Å². The van der Waals surface area contributed by atoms with Crippen molar-refractivity contribution in [2.24, 2.45) is 0 Å². The van der Waals surface area contributed by atoms with Crippen LogP contribution >= 0.6 is 11.8 Å². The lowest BCUT2D eigenvalue weighted by atomic mass is 10.2. The number of ether oxygens (including phenoxy) is 1. The summed E-state index contributed by atoms with van der Waals surface area (Å²) in [7, 11) is 0. The molecule has 3 aromatic rings. The number of carbonyl (C=O) groups is 1. The quantitative estimate of drug-likeness (QED) is 0.321. The average molecular weight is 477 g/mol. The molecule has 0 unspecified atom stereocenters. The minimum Gasteiger partial charge on any atom is -0.494 e. The summed E-state index contributed by atoms with van der Waals surface area (Å²) >= 11 is 1.29. The number of amides is 1. The Balaban J connectivity index is 1.59. The highest BCUT2D eigenvalue weighted by Crippen LogP contribution is 2.32. The van der Waals surface area contributed by atoms with Gasteiger partial charge < -0.3 is 9.64 Å². The molecule has 0 bridgehead atoms. The number of benzene rings is 2. The second-order valence-electron chi connectivity index (χ2n) is 8.19. The monoisotopic (exact) mass is 476 g/mol. The summed E-state index contributed by atoms with van der Waals surface area (Å²) in [6.45, 7) is 2.78. The van der Waals surface area contributed by atoms with Gasteiger partial charge in [0, 0.05) is 18.3 Å². The first-order chi connectivity index (χ1) is 16.6. The molecular weight excluding hydrogens is 448 g/mol. The first-order valence-corrected chi connectivity index (χ1v) is 12.6. The molecule has 2 aromatic carbocycles. The standard InChI is InChI=1S/C26H28N4O3S/c1-2-33-21-14-12-19(13-15-21)29(17-7-16-27)24(31)18-34-26-28-23-11-6-5-10-22(23)25(32)30(26)20-8-3-4-9-20/h5-6,10-15,20H,2-4,7-9,17-18H2,1H3. The molecule has 1 aromatic heterocycles. The van der Waals surface area contributed by atoms with Crippen LogP contribution in [0.1, 0.15) is 45.1 Å². The number of para-hydroxylation sites is 1. The van der Waals surface area contributed by atoms with Crippen LogP contribution in [-0.2, 0) is 4.79 Å². The minimum atomic E-state index is -0.134. The number of rotatable bonds is 9. The van der Waals surface area contributed by atoms with E-state index in [9.17, 15) is 9.59 Å². The van der Waals surface area contributed by atoms with Crippen LogP contribution in [0.2, 0.25) is 0 Å². The van der Waals surface area contributed by atoms with Gasteiger partial charge in [-0.2, -0.15) is 5.26 Å². The molecule has 1 saturated carbocycles. The molecule has 1 heterocycles. The zero-order chi connectivity index (χ0) is 23.9. The Morgan fingerprint density at radius 3 is 2.65 bits per heavy atom. The fourth-order valence-corrected chi connectivity index (χ4v) is 5.31. The maximum atomic E-state index is 13.3. The summed E-state index contributed by atoms with van der Waals surface area (Å²) in [5.41, 5.74) is 1.31. The third-order valence-corrected chi connectivity index (χ3v) is 6.94. The number of anilines is 1. The summed E-state index contributed by atoms with van der Waals surface area (Å²) in [6, 6.07) is 16.9. The lowest BCUT2D eigenvalue weighted by Gasteiger charge is -2.23. The smallest absolute Gasteiger partial charge is 0.262 e. The average Bonchev–Trinajstić information content (AvgIpc) is 3.38. The molecule has 0 saturated heterocycles. The number of thioether (sulfide) groups is 1. The molecule has 0 N–H and O–H groups in total. The summed E-state index contributed by atoms with van der Waals surface area (Å²) in [4.78, 5) is 33.0. The minimum absolute atomic E-state index is 0.0414. The summed E-state index contributed by atoms with van der Waals surface area (Å²) in [6.07, 6.45) is 4.30. The van der Waals surface area contributed by atoms with Gasteiger partial charge in [-0.05, 0) is 56.2 Å². The lowest BCUT2D eigenvalue weighted by Crippen LogP contribution is -2.34. The van der Waals surface area contributed by atoms with Crippen molar-refractivity contribution in [3.8, 4) is 11.8 Å². The van der Waals surface area contributed by atoms with Gasteiger partial charge >= 0.3 is 0 Å². The second kappa shape index (κ2) is 11.2. The molecule has 1 aliphatic carbocycles. The van der Waals surface area contributed by atoms with E-state index in [1.165, 1.54) is 11.8 Å². The van der Waals surface area contributed by atoms with Crippen molar-refractivity contribution in [1.29, 1.82) is 5.26 Å².